The van der Waals surface area contributed by atoms with Gasteiger partial charge in [0.25, 0.3) is 0 Å². The van der Waals surface area contributed by atoms with Gasteiger partial charge in [-0.15, -0.1) is 0 Å². The smallest absolute Gasteiger partial charge is 0.202 e. The largest absolute Gasteiger partial charge is 0.472 e. The molecule has 3 heteroatoms. The van der Waals surface area contributed by atoms with Gasteiger partial charge >= 0.3 is 0 Å². The number of allylic oxidation sites excluding steroid dienone is 1. The van der Waals surface area contributed by atoms with E-state index in [2.05, 4.69) is 6.92 Å². The summed E-state index contributed by atoms with van der Waals surface area (Å²) in [4.78, 5) is 10.8. The Labute approximate surface area is 84.1 Å². The monoisotopic (exact) mass is 196 g/mol. The van der Waals surface area contributed by atoms with Crippen LogP contribution >= 0.6 is 0 Å². The highest BCUT2D eigenvalue weighted by Gasteiger charge is 2.44. The summed E-state index contributed by atoms with van der Waals surface area (Å²) in [5.74, 6) is 1.28. The van der Waals surface area contributed by atoms with Crippen LogP contribution in [-0.4, -0.2) is 19.7 Å². The second kappa shape index (κ2) is 3.73. The van der Waals surface area contributed by atoms with Gasteiger partial charge in [-0.3, -0.25) is 4.79 Å². The highest BCUT2D eigenvalue weighted by atomic mass is 16.7. The average molecular weight is 196 g/mol. The van der Waals surface area contributed by atoms with Gasteiger partial charge in [0.2, 0.25) is 6.29 Å². The zero-order chi connectivity index (χ0) is 10.1. The lowest BCUT2D eigenvalue weighted by Crippen LogP contribution is -2.35. The molecule has 2 aliphatic rings. The van der Waals surface area contributed by atoms with Crippen molar-refractivity contribution in [3.63, 3.8) is 0 Å². The molecule has 1 saturated carbocycles. The lowest BCUT2D eigenvalue weighted by molar-refractivity contribution is -0.146. The van der Waals surface area contributed by atoms with Crippen molar-refractivity contribution in [3.8, 4) is 0 Å². The van der Waals surface area contributed by atoms with Gasteiger partial charge in [0.15, 0.2) is 0 Å². The van der Waals surface area contributed by atoms with E-state index in [1.807, 2.05) is 0 Å². The Balaban J connectivity index is 2.25. The summed E-state index contributed by atoms with van der Waals surface area (Å²) in [6, 6.07) is 0. The number of carbonyl (C=O) groups excluding carboxylic acids is 1. The van der Waals surface area contributed by atoms with Crippen LogP contribution in [0.2, 0.25) is 0 Å². The minimum atomic E-state index is -0.166. The maximum absolute atomic E-state index is 10.8. The van der Waals surface area contributed by atoms with E-state index in [9.17, 15) is 4.79 Å². The third-order valence-electron chi connectivity index (χ3n) is 3.50. The third-order valence-corrected chi connectivity index (χ3v) is 3.50. The lowest BCUT2D eigenvalue weighted by atomic mass is 9.84. The standard InChI is InChI=1S/C11H16O3/c1-7-3-4-9-8(5-12)6-14-11(13-2)10(7)9/h5-7,9-11H,3-4H2,1-2H3/t7-,9?,10?,11+/m1/s1. The van der Waals surface area contributed by atoms with Crippen molar-refractivity contribution in [2.45, 2.75) is 26.1 Å². The SMILES string of the molecule is CO[C@H]1OC=C(C=O)C2CC[C@@H](C)C21. The van der Waals surface area contributed by atoms with Crippen LogP contribution < -0.4 is 0 Å². The van der Waals surface area contributed by atoms with Gasteiger partial charge in [-0.05, 0) is 24.7 Å². The highest BCUT2D eigenvalue weighted by Crippen LogP contribution is 2.45. The number of fused-ring (bicyclic) bond motifs is 1. The molecule has 0 N–H and O–H groups in total. The number of carbonyl (C=O) groups is 1. The number of hydrogen-bond donors (Lipinski definition) is 0. The Bertz CT molecular complexity index is 259. The van der Waals surface area contributed by atoms with Crippen molar-refractivity contribution in [2.24, 2.45) is 17.8 Å². The summed E-state index contributed by atoms with van der Waals surface area (Å²) in [6.07, 6.45) is 4.56. The molecule has 2 unspecified atom stereocenters. The Morgan fingerprint density at radius 2 is 2.36 bits per heavy atom. The first-order valence-electron chi connectivity index (χ1n) is 5.11. The first kappa shape index (κ1) is 9.71. The maximum atomic E-state index is 10.8. The fraction of sp³-hybridized carbons (Fsp3) is 0.727. The van der Waals surface area contributed by atoms with Gasteiger partial charge in [0, 0.05) is 18.6 Å². The molecule has 4 atom stereocenters. The first-order valence-corrected chi connectivity index (χ1v) is 5.11. The van der Waals surface area contributed by atoms with Gasteiger partial charge < -0.3 is 9.47 Å². The molecule has 0 aromatic heterocycles. The second-order valence-corrected chi connectivity index (χ2v) is 4.21. The molecule has 0 aromatic rings. The van der Waals surface area contributed by atoms with Gasteiger partial charge in [0.05, 0.1) is 6.26 Å². The molecule has 0 spiro atoms. The van der Waals surface area contributed by atoms with Crippen molar-refractivity contribution in [2.75, 3.05) is 7.11 Å². The minimum Gasteiger partial charge on any atom is -0.472 e. The molecule has 3 nitrogen and oxygen atoms in total. The quantitative estimate of drug-likeness (QED) is 0.631. The summed E-state index contributed by atoms with van der Waals surface area (Å²) in [7, 11) is 1.66. The molecule has 1 aliphatic heterocycles. The van der Waals surface area contributed by atoms with E-state index < -0.39 is 0 Å². The van der Waals surface area contributed by atoms with E-state index in [1.165, 1.54) is 0 Å². The van der Waals surface area contributed by atoms with Crippen molar-refractivity contribution >= 4 is 6.29 Å². The first-order chi connectivity index (χ1) is 6.77. The van der Waals surface area contributed by atoms with Crippen LogP contribution in [0.1, 0.15) is 19.8 Å². The summed E-state index contributed by atoms with van der Waals surface area (Å²) in [6.45, 7) is 2.20. The van der Waals surface area contributed by atoms with Crippen molar-refractivity contribution < 1.29 is 14.3 Å². The molecule has 78 valence electrons. The fourth-order valence-electron chi connectivity index (χ4n) is 2.72. The molecule has 1 fully saturated rings. The second-order valence-electron chi connectivity index (χ2n) is 4.21. The van der Waals surface area contributed by atoms with E-state index in [0.717, 1.165) is 24.7 Å². The summed E-state index contributed by atoms with van der Waals surface area (Å²) >= 11 is 0. The Hall–Kier alpha value is -0.830. The van der Waals surface area contributed by atoms with Crippen LogP contribution in [0.25, 0.3) is 0 Å². The van der Waals surface area contributed by atoms with Crippen LogP contribution in [0.4, 0.5) is 0 Å². The molecule has 1 heterocycles. The van der Waals surface area contributed by atoms with Gasteiger partial charge in [-0.2, -0.15) is 0 Å². The average Bonchev–Trinajstić information content (AvgIpc) is 2.60. The van der Waals surface area contributed by atoms with E-state index in [-0.39, 0.29) is 6.29 Å². The molecule has 2 rings (SSSR count). The van der Waals surface area contributed by atoms with Crippen LogP contribution in [0, 0.1) is 17.8 Å². The van der Waals surface area contributed by atoms with E-state index in [1.54, 1.807) is 13.4 Å². The maximum Gasteiger partial charge on any atom is 0.202 e. The molecule has 0 radical (unpaired) electrons. The summed E-state index contributed by atoms with van der Waals surface area (Å²) < 4.78 is 10.7. The van der Waals surface area contributed by atoms with E-state index >= 15 is 0 Å². The third kappa shape index (κ3) is 1.36. The minimum absolute atomic E-state index is 0.166. The number of hydrogen-bond acceptors (Lipinski definition) is 3. The van der Waals surface area contributed by atoms with Gasteiger partial charge in [0.1, 0.15) is 6.29 Å². The highest BCUT2D eigenvalue weighted by molar-refractivity contribution is 5.74. The zero-order valence-corrected chi connectivity index (χ0v) is 8.60. The van der Waals surface area contributed by atoms with E-state index in [0.29, 0.717) is 17.8 Å². The van der Waals surface area contributed by atoms with Gasteiger partial charge in [-0.1, -0.05) is 6.92 Å². The molecule has 0 amide bonds. The molecular formula is C11H16O3. The molecule has 0 bridgehead atoms. The number of ether oxygens (including phenoxy) is 2. The molecule has 0 saturated heterocycles. The van der Waals surface area contributed by atoms with Crippen LogP contribution in [0.15, 0.2) is 11.8 Å². The van der Waals surface area contributed by atoms with Gasteiger partial charge in [-0.25, -0.2) is 0 Å². The van der Waals surface area contributed by atoms with E-state index in [4.69, 9.17) is 9.47 Å². The Morgan fingerprint density at radius 1 is 1.57 bits per heavy atom. The molecule has 1 aliphatic carbocycles. The number of aldehydes is 1. The normalized spacial score (nSPS) is 41.1. The topological polar surface area (TPSA) is 35.5 Å². The van der Waals surface area contributed by atoms with Crippen LogP contribution in [0.5, 0.6) is 0 Å². The molecular weight excluding hydrogens is 180 g/mol. The van der Waals surface area contributed by atoms with Crippen molar-refractivity contribution in [1.29, 1.82) is 0 Å². The molecule has 14 heavy (non-hydrogen) atoms. The molecule has 0 aromatic carbocycles. The summed E-state index contributed by atoms with van der Waals surface area (Å²) in [5, 5.41) is 0. The number of methoxy groups -OCH3 is 1. The number of rotatable bonds is 2. The zero-order valence-electron chi connectivity index (χ0n) is 8.60. The Kier molecular flexibility index (Phi) is 2.59. The Morgan fingerprint density at radius 3 is 3.00 bits per heavy atom. The van der Waals surface area contributed by atoms with Crippen molar-refractivity contribution in [1.82, 2.24) is 0 Å². The predicted molar refractivity (Wildman–Crippen MR) is 51.4 cm³/mol. The fourth-order valence-corrected chi connectivity index (χ4v) is 2.72. The summed E-state index contributed by atoms with van der Waals surface area (Å²) in [5.41, 5.74) is 0.799. The predicted octanol–water partition coefficient (Wildman–Crippen LogP) is 1.73. The van der Waals surface area contributed by atoms with Crippen LogP contribution in [-0.2, 0) is 14.3 Å². The lowest BCUT2D eigenvalue weighted by Gasteiger charge is -2.33. The van der Waals surface area contributed by atoms with Crippen molar-refractivity contribution in [3.05, 3.63) is 11.8 Å². The van der Waals surface area contributed by atoms with Crippen LogP contribution in [0.3, 0.4) is 0 Å².